The molecule has 1 aliphatic rings. The molecule has 182 valence electrons. The van der Waals surface area contributed by atoms with E-state index in [1.807, 2.05) is 31.5 Å². The van der Waals surface area contributed by atoms with Crippen LogP contribution in [-0.4, -0.2) is 62.3 Å². The third-order valence-electron chi connectivity index (χ3n) is 6.54. The number of aromatic nitrogens is 2. The number of anilines is 2. The zero-order valence-corrected chi connectivity index (χ0v) is 21.0. The molecule has 7 nitrogen and oxygen atoms in total. The van der Waals surface area contributed by atoms with Gasteiger partial charge in [-0.2, -0.15) is 0 Å². The first kappa shape index (κ1) is 23.4. The van der Waals surface area contributed by atoms with Crippen LogP contribution in [0.25, 0.3) is 33.3 Å². The Morgan fingerprint density at radius 2 is 1.63 bits per heavy atom. The fraction of sp³-hybridized carbons (Fsp3) is 0.296. The zero-order valence-electron chi connectivity index (χ0n) is 20.2. The minimum absolute atomic E-state index is 0.113. The number of benzene rings is 2. The molecule has 5 rings (SSSR count). The summed E-state index contributed by atoms with van der Waals surface area (Å²) in [5, 5.41) is 1.03. The van der Waals surface area contributed by atoms with Crippen molar-refractivity contribution < 1.29 is 8.42 Å². The van der Waals surface area contributed by atoms with Crippen LogP contribution in [0, 0.1) is 0 Å². The van der Waals surface area contributed by atoms with Crippen molar-refractivity contribution in [3.63, 3.8) is 0 Å². The van der Waals surface area contributed by atoms with E-state index in [1.54, 1.807) is 12.1 Å². The van der Waals surface area contributed by atoms with Crippen LogP contribution < -0.4 is 9.62 Å². The third kappa shape index (κ3) is 5.18. The summed E-state index contributed by atoms with van der Waals surface area (Å²) in [6.07, 6.45) is 4.43. The first-order valence-corrected chi connectivity index (χ1v) is 13.7. The molecule has 1 fully saturated rings. The molecule has 4 aromatic rings. The van der Waals surface area contributed by atoms with Crippen LogP contribution in [0.15, 0.2) is 67.0 Å². The topological polar surface area (TPSA) is 81.3 Å². The van der Waals surface area contributed by atoms with Crippen molar-refractivity contribution in [3.8, 4) is 22.3 Å². The van der Waals surface area contributed by atoms with Gasteiger partial charge in [-0.25, -0.2) is 13.4 Å². The predicted molar refractivity (Wildman–Crippen MR) is 144 cm³/mol. The molecule has 1 aliphatic heterocycles. The standard InChI is InChI=1S/C27H31N5O2S/c1-3-16-35(33,34)30-23-8-4-21(5-9-23)26-19-29-27-25(26)17-22(18-28-27)20-6-10-24(11-7-20)32-14-12-31(2)13-15-32/h4-11,17-19,30H,3,12-16H2,1-2H3,(H,28,29). The average Bonchev–Trinajstić information content (AvgIpc) is 3.28. The summed E-state index contributed by atoms with van der Waals surface area (Å²) in [6.45, 7) is 6.13. The second kappa shape index (κ2) is 9.71. The molecular weight excluding hydrogens is 458 g/mol. The van der Waals surface area contributed by atoms with Gasteiger partial charge in [0.25, 0.3) is 0 Å². The lowest BCUT2D eigenvalue weighted by Gasteiger charge is -2.34. The van der Waals surface area contributed by atoms with Gasteiger partial charge < -0.3 is 14.8 Å². The van der Waals surface area contributed by atoms with Crippen LogP contribution in [0.2, 0.25) is 0 Å². The van der Waals surface area contributed by atoms with E-state index < -0.39 is 10.0 Å². The average molecular weight is 490 g/mol. The van der Waals surface area contributed by atoms with Crippen LogP contribution in [0.4, 0.5) is 11.4 Å². The highest BCUT2D eigenvalue weighted by molar-refractivity contribution is 7.92. The molecule has 35 heavy (non-hydrogen) atoms. The lowest BCUT2D eigenvalue weighted by Crippen LogP contribution is -2.44. The van der Waals surface area contributed by atoms with Crippen molar-refractivity contribution in [1.29, 1.82) is 0 Å². The fourth-order valence-corrected chi connectivity index (χ4v) is 5.68. The summed E-state index contributed by atoms with van der Waals surface area (Å²) in [5.74, 6) is 0.113. The first-order valence-electron chi connectivity index (χ1n) is 12.0. The lowest BCUT2D eigenvalue weighted by atomic mass is 10.0. The van der Waals surface area contributed by atoms with E-state index in [4.69, 9.17) is 0 Å². The van der Waals surface area contributed by atoms with Crippen LogP contribution in [0.1, 0.15) is 13.3 Å². The van der Waals surface area contributed by atoms with Crippen molar-refractivity contribution in [2.24, 2.45) is 0 Å². The van der Waals surface area contributed by atoms with Gasteiger partial charge >= 0.3 is 0 Å². The summed E-state index contributed by atoms with van der Waals surface area (Å²) in [6, 6.07) is 18.4. The number of rotatable bonds is 7. The second-order valence-electron chi connectivity index (χ2n) is 9.16. The number of likely N-dealkylation sites (N-methyl/N-ethyl adjacent to an activating group) is 1. The van der Waals surface area contributed by atoms with Crippen molar-refractivity contribution in [2.75, 3.05) is 48.6 Å². The fourth-order valence-electron chi connectivity index (χ4n) is 4.55. The molecule has 2 aromatic carbocycles. The van der Waals surface area contributed by atoms with Gasteiger partial charge in [0.05, 0.1) is 5.75 Å². The van der Waals surface area contributed by atoms with E-state index in [9.17, 15) is 8.42 Å². The highest BCUT2D eigenvalue weighted by Crippen LogP contribution is 2.32. The van der Waals surface area contributed by atoms with E-state index in [2.05, 4.69) is 61.9 Å². The van der Waals surface area contributed by atoms with Gasteiger partial charge in [-0.3, -0.25) is 4.72 Å². The smallest absolute Gasteiger partial charge is 0.232 e. The number of nitrogens with zero attached hydrogens (tertiary/aromatic N) is 3. The summed E-state index contributed by atoms with van der Waals surface area (Å²) >= 11 is 0. The lowest BCUT2D eigenvalue weighted by molar-refractivity contribution is 0.313. The molecule has 1 saturated heterocycles. The number of pyridine rings is 1. The monoisotopic (exact) mass is 489 g/mol. The van der Waals surface area contributed by atoms with Crippen molar-refractivity contribution >= 4 is 32.4 Å². The highest BCUT2D eigenvalue weighted by atomic mass is 32.2. The van der Waals surface area contributed by atoms with E-state index >= 15 is 0 Å². The maximum atomic E-state index is 12.1. The van der Waals surface area contributed by atoms with Crippen molar-refractivity contribution in [2.45, 2.75) is 13.3 Å². The van der Waals surface area contributed by atoms with Gasteiger partial charge in [0.2, 0.25) is 10.0 Å². The van der Waals surface area contributed by atoms with Gasteiger partial charge in [0.15, 0.2) is 0 Å². The summed E-state index contributed by atoms with van der Waals surface area (Å²) in [5.41, 5.74) is 6.88. The minimum Gasteiger partial charge on any atom is -0.369 e. The molecule has 2 N–H and O–H groups in total. The molecule has 0 saturated carbocycles. The highest BCUT2D eigenvalue weighted by Gasteiger charge is 2.15. The summed E-state index contributed by atoms with van der Waals surface area (Å²) in [7, 11) is -1.14. The number of hydrogen-bond donors (Lipinski definition) is 2. The van der Waals surface area contributed by atoms with Crippen LogP contribution in [0.3, 0.4) is 0 Å². The SMILES string of the molecule is CCCS(=O)(=O)Nc1ccc(-c2c[nH]c3ncc(-c4ccc(N5CCN(C)CC5)cc4)cc23)cc1. The normalized spacial score (nSPS) is 15.0. The zero-order chi connectivity index (χ0) is 24.4. The predicted octanol–water partition coefficient (Wildman–Crippen LogP) is 4.80. The Labute approximate surface area is 206 Å². The number of sulfonamides is 1. The van der Waals surface area contributed by atoms with E-state index in [0.29, 0.717) is 12.1 Å². The van der Waals surface area contributed by atoms with Gasteiger partial charge in [0, 0.05) is 66.5 Å². The van der Waals surface area contributed by atoms with Gasteiger partial charge in [-0.15, -0.1) is 0 Å². The molecule has 0 radical (unpaired) electrons. The number of aromatic amines is 1. The van der Waals surface area contributed by atoms with Crippen molar-refractivity contribution in [1.82, 2.24) is 14.9 Å². The number of nitrogens with one attached hydrogen (secondary N) is 2. The quantitative estimate of drug-likeness (QED) is 0.390. The maximum absolute atomic E-state index is 12.1. The van der Waals surface area contributed by atoms with E-state index in [-0.39, 0.29) is 5.75 Å². The van der Waals surface area contributed by atoms with Crippen molar-refractivity contribution in [3.05, 3.63) is 67.0 Å². The molecule has 0 spiro atoms. The van der Waals surface area contributed by atoms with E-state index in [1.165, 1.54) is 5.69 Å². The van der Waals surface area contributed by atoms with Crippen LogP contribution in [-0.2, 0) is 10.0 Å². The Bertz CT molecular complexity index is 1400. The molecular formula is C27H31N5O2S. The summed E-state index contributed by atoms with van der Waals surface area (Å²) in [4.78, 5) is 12.7. The number of hydrogen-bond acceptors (Lipinski definition) is 5. The van der Waals surface area contributed by atoms with Crippen LogP contribution in [0.5, 0.6) is 0 Å². The Kier molecular flexibility index (Phi) is 6.49. The Balaban J connectivity index is 1.38. The summed E-state index contributed by atoms with van der Waals surface area (Å²) < 4.78 is 26.7. The first-order chi connectivity index (χ1) is 16.9. The largest absolute Gasteiger partial charge is 0.369 e. The molecule has 3 heterocycles. The second-order valence-corrected chi connectivity index (χ2v) is 11.0. The van der Waals surface area contributed by atoms with Gasteiger partial charge in [-0.1, -0.05) is 31.2 Å². The molecule has 8 heteroatoms. The maximum Gasteiger partial charge on any atom is 0.232 e. The number of fused-ring (bicyclic) bond motifs is 1. The molecule has 0 unspecified atom stereocenters. The van der Waals surface area contributed by atoms with E-state index in [0.717, 1.165) is 59.5 Å². The van der Waals surface area contributed by atoms with Crippen LogP contribution >= 0.6 is 0 Å². The Hall–Kier alpha value is -3.36. The molecule has 0 amide bonds. The molecule has 0 bridgehead atoms. The molecule has 0 aliphatic carbocycles. The third-order valence-corrected chi connectivity index (χ3v) is 8.03. The van der Waals surface area contributed by atoms with Gasteiger partial charge in [-0.05, 0) is 54.9 Å². The number of piperazine rings is 1. The minimum atomic E-state index is -3.31. The van der Waals surface area contributed by atoms with Gasteiger partial charge in [0.1, 0.15) is 5.65 Å². The Morgan fingerprint density at radius 1 is 0.943 bits per heavy atom. The molecule has 2 aromatic heterocycles. The molecule has 0 atom stereocenters. The number of H-pyrrole nitrogens is 1. The Morgan fingerprint density at radius 3 is 2.31 bits per heavy atom.